The molecule has 0 spiro atoms. The summed E-state index contributed by atoms with van der Waals surface area (Å²) < 4.78 is 16.3. The SMILES string of the molecule is CC1CC(N)CC(O)O1.CO[C@]1(C)CCCNC(C2CCN(C)CC2)COC(=O)C(C)C(=O)CC1. The minimum atomic E-state index is -0.699. The number of carbonyl (C=O) groups excluding carboxylic acids is 2. The van der Waals surface area contributed by atoms with E-state index in [1.807, 2.05) is 6.92 Å². The Hall–Kier alpha value is -1.10. The highest BCUT2D eigenvalue weighted by molar-refractivity contribution is 5.98. The summed E-state index contributed by atoms with van der Waals surface area (Å²) in [6.45, 7) is 9.01. The van der Waals surface area contributed by atoms with Crippen molar-refractivity contribution in [3.63, 3.8) is 0 Å². The average Bonchev–Trinajstić information content (AvgIpc) is 2.81. The van der Waals surface area contributed by atoms with Crippen LogP contribution in [0.4, 0.5) is 0 Å². The summed E-state index contributed by atoms with van der Waals surface area (Å²) in [6, 6.07) is 0.272. The summed E-state index contributed by atoms with van der Waals surface area (Å²) in [5.41, 5.74) is 5.25. The van der Waals surface area contributed by atoms with Crippen LogP contribution in [0.2, 0.25) is 0 Å². The zero-order chi connectivity index (χ0) is 26.0. The van der Waals surface area contributed by atoms with Crippen molar-refractivity contribution < 1.29 is 28.9 Å². The first-order valence-corrected chi connectivity index (χ1v) is 13.3. The highest BCUT2D eigenvalue weighted by atomic mass is 16.6. The molecule has 0 saturated carbocycles. The van der Waals surface area contributed by atoms with Crippen molar-refractivity contribution in [2.75, 3.05) is 40.4 Å². The van der Waals surface area contributed by atoms with Gasteiger partial charge in [0.2, 0.25) is 0 Å². The van der Waals surface area contributed by atoms with Gasteiger partial charge in [0.15, 0.2) is 6.29 Å². The van der Waals surface area contributed by atoms with E-state index in [0.717, 1.165) is 51.7 Å². The first kappa shape index (κ1) is 30.1. The summed E-state index contributed by atoms with van der Waals surface area (Å²) in [5.74, 6) is -0.645. The van der Waals surface area contributed by atoms with Gasteiger partial charge in [-0.2, -0.15) is 0 Å². The molecular weight excluding hydrogens is 450 g/mol. The summed E-state index contributed by atoms with van der Waals surface area (Å²) in [5, 5.41) is 12.6. The molecule has 4 N–H and O–H groups in total. The summed E-state index contributed by atoms with van der Waals surface area (Å²) in [6.07, 6.45) is 5.99. The van der Waals surface area contributed by atoms with Crippen LogP contribution in [0.5, 0.6) is 0 Å². The molecule has 0 radical (unpaired) electrons. The van der Waals surface area contributed by atoms with E-state index in [-0.39, 0.29) is 29.6 Å². The van der Waals surface area contributed by atoms with Gasteiger partial charge in [-0.3, -0.25) is 9.59 Å². The van der Waals surface area contributed by atoms with Gasteiger partial charge < -0.3 is 35.3 Å². The third kappa shape index (κ3) is 10.4. The maximum Gasteiger partial charge on any atom is 0.316 e. The number of aliphatic hydroxyl groups is 1. The lowest BCUT2D eigenvalue weighted by atomic mass is 9.89. The van der Waals surface area contributed by atoms with Crippen LogP contribution in [0.25, 0.3) is 0 Å². The lowest BCUT2D eigenvalue weighted by molar-refractivity contribution is -0.161. The minimum Gasteiger partial charge on any atom is -0.463 e. The van der Waals surface area contributed by atoms with E-state index in [1.165, 1.54) is 0 Å². The summed E-state index contributed by atoms with van der Waals surface area (Å²) >= 11 is 0. The Bertz CT molecular complexity index is 632. The molecule has 0 aromatic rings. The molecule has 9 heteroatoms. The Kier molecular flexibility index (Phi) is 12.6. The molecule has 0 aromatic heterocycles. The molecule has 3 aliphatic rings. The number of piperidine rings is 1. The monoisotopic (exact) mass is 499 g/mol. The molecule has 3 aliphatic heterocycles. The number of nitrogens with two attached hydrogens (primary N) is 1. The van der Waals surface area contributed by atoms with Crippen LogP contribution >= 0.6 is 0 Å². The third-order valence-corrected chi connectivity index (χ3v) is 7.78. The van der Waals surface area contributed by atoms with E-state index >= 15 is 0 Å². The largest absolute Gasteiger partial charge is 0.463 e. The molecular formula is C26H49N3O6. The molecule has 204 valence electrons. The van der Waals surface area contributed by atoms with Crippen LogP contribution in [0.3, 0.4) is 0 Å². The van der Waals surface area contributed by atoms with E-state index in [9.17, 15) is 9.59 Å². The fourth-order valence-electron chi connectivity index (χ4n) is 5.06. The van der Waals surface area contributed by atoms with E-state index in [1.54, 1.807) is 14.0 Å². The third-order valence-electron chi connectivity index (χ3n) is 7.78. The van der Waals surface area contributed by atoms with E-state index < -0.39 is 18.2 Å². The molecule has 6 atom stereocenters. The quantitative estimate of drug-likeness (QED) is 0.386. The van der Waals surface area contributed by atoms with Crippen molar-refractivity contribution >= 4 is 11.8 Å². The molecule has 5 unspecified atom stereocenters. The van der Waals surface area contributed by atoms with Gasteiger partial charge in [0.25, 0.3) is 0 Å². The van der Waals surface area contributed by atoms with Crippen molar-refractivity contribution in [2.24, 2.45) is 17.6 Å². The normalized spacial score (nSPS) is 37.2. The second kappa shape index (κ2) is 14.6. The summed E-state index contributed by atoms with van der Waals surface area (Å²) in [7, 11) is 3.85. The molecule has 0 amide bonds. The molecule has 3 fully saturated rings. The number of esters is 1. The highest BCUT2D eigenvalue weighted by Gasteiger charge is 2.31. The van der Waals surface area contributed by atoms with E-state index in [4.69, 9.17) is 25.1 Å². The number of aliphatic hydroxyl groups excluding tert-OH is 1. The maximum absolute atomic E-state index is 12.4. The Morgan fingerprint density at radius 3 is 2.46 bits per heavy atom. The number of likely N-dealkylation sites (tertiary alicyclic amines) is 1. The van der Waals surface area contributed by atoms with Gasteiger partial charge in [-0.15, -0.1) is 0 Å². The topological polar surface area (TPSA) is 123 Å². The highest BCUT2D eigenvalue weighted by Crippen LogP contribution is 2.25. The van der Waals surface area contributed by atoms with E-state index in [0.29, 0.717) is 31.8 Å². The fourth-order valence-corrected chi connectivity index (χ4v) is 5.06. The van der Waals surface area contributed by atoms with Gasteiger partial charge >= 0.3 is 5.97 Å². The van der Waals surface area contributed by atoms with E-state index in [2.05, 4.69) is 24.2 Å². The molecule has 0 aliphatic carbocycles. The molecule has 3 heterocycles. The smallest absolute Gasteiger partial charge is 0.316 e. The number of cyclic esters (lactones) is 1. The predicted molar refractivity (Wildman–Crippen MR) is 135 cm³/mol. The van der Waals surface area contributed by atoms with Crippen LogP contribution in [-0.2, 0) is 23.8 Å². The molecule has 3 rings (SSSR count). The van der Waals surface area contributed by atoms with Crippen LogP contribution in [0.1, 0.15) is 72.1 Å². The lowest BCUT2D eigenvalue weighted by Gasteiger charge is -2.35. The van der Waals surface area contributed by atoms with Crippen LogP contribution in [0.15, 0.2) is 0 Å². The van der Waals surface area contributed by atoms with Crippen molar-refractivity contribution in [3.8, 4) is 0 Å². The van der Waals surface area contributed by atoms with Crippen LogP contribution in [0, 0.1) is 11.8 Å². The van der Waals surface area contributed by atoms with Crippen LogP contribution < -0.4 is 11.1 Å². The predicted octanol–water partition coefficient (Wildman–Crippen LogP) is 1.84. The maximum atomic E-state index is 12.4. The molecule has 0 bridgehead atoms. The van der Waals surface area contributed by atoms with Crippen molar-refractivity contribution in [2.45, 2.75) is 102 Å². The number of hydrogen-bond donors (Lipinski definition) is 3. The number of methoxy groups -OCH3 is 1. The number of hydrogen-bond acceptors (Lipinski definition) is 9. The van der Waals surface area contributed by atoms with Gasteiger partial charge in [0, 0.05) is 32.0 Å². The number of Topliss-reactive ketones (excluding diaryl/α,β-unsaturated/α-hetero) is 1. The second-order valence-corrected chi connectivity index (χ2v) is 10.9. The first-order valence-electron chi connectivity index (χ1n) is 13.3. The Morgan fingerprint density at radius 2 is 1.86 bits per heavy atom. The number of nitrogens with zero attached hydrogens (tertiary/aromatic N) is 1. The standard InChI is InChI=1S/C20H36N2O4.C6H13NO2/c1-15-18(23)6-10-20(2,25-4)9-5-11-21-17(14-26-19(15)24)16-7-12-22(3)13-8-16;1-4-2-5(7)3-6(8)9-4/h15-17,21H,5-14H2,1-4H3;4-6,8H,2-3,7H2,1H3/t15?,17?,20-;/m1./s1. The Labute approximate surface area is 211 Å². The number of ether oxygens (including phenoxy) is 3. The van der Waals surface area contributed by atoms with Crippen LogP contribution in [-0.4, -0.2) is 92.2 Å². The zero-order valence-electron chi connectivity index (χ0n) is 22.5. The molecule has 35 heavy (non-hydrogen) atoms. The van der Waals surface area contributed by atoms with Gasteiger partial charge in [-0.25, -0.2) is 0 Å². The Morgan fingerprint density at radius 1 is 1.17 bits per heavy atom. The Balaban J connectivity index is 0.000000402. The second-order valence-electron chi connectivity index (χ2n) is 10.9. The molecule has 0 aromatic carbocycles. The summed E-state index contributed by atoms with van der Waals surface area (Å²) in [4.78, 5) is 27.0. The van der Waals surface area contributed by atoms with Gasteiger partial charge in [-0.1, -0.05) is 0 Å². The van der Waals surface area contributed by atoms with Crippen molar-refractivity contribution in [3.05, 3.63) is 0 Å². The van der Waals surface area contributed by atoms with Gasteiger partial charge in [0.1, 0.15) is 18.3 Å². The van der Waals surface area contributed by atoms with Crippen molar-refractivity contribution in [1.29, 1.82) is 0 Å². The number of carbonyl (C=O) groups is 2. The molecule has 3 saturated heterocycles. The molecule has 9 nitrogen and oxygen atoms in total. The van der Waals surface area contributed by atoms with Gasteiger partial charge in [-0.05, 0) is 91.9 Å². The number of nitrogens with one attached hydrogen (secondary N) is 1. The average molecular weight is 500 g/mol. The lowest BCUT2D eigenvalue weighted by Crippen LogP contribution is -2.46. The zero-order valence-corrected chi connectivity index (χ0v) is 22.5. The van der Waals surface area contributed by atoms with Crippen molar-refractivity contribution in [1.82, 2.24) is 10.2 Å². The number of rotatable bonds is 2. The minimum absolute atomic E-state index is 0.0543. The number of ketones is 1. The first-order chi connectivity index (χ1) is 16.5. The fraction of sp³-hybridized carbons (Fsp3) is 0.923. The van der Waals surface area contributed by atoms with Gasteiger partial charge in [0.05, 0.1) is 11.7 Å².